The molecule has 2 nitrogen and oxygen atoms in total. The van der Waals surface area contributed by atoms with Crippen LogP contribution in [0.4, 0.5) is 0 Å². The third-order valence-corrected chi connectivity index (χ3v) is 4.24. The van der Waals surface area contributed by atoms with Crippen LogP contribution < -0.4 is 5.73 Å². The van der Waals surface area contributed by atoms with Crippen LogP contribution in [-0.2, 0) is 0 Å². The molecule has 14 heavy (non-hydrogen) atoms. The van der Waals surface area contributed by atoms with Gasteiger partial charge in [-0.25, -0.2) is 0 Å². The molecule has 0 aromatic rings. The maximum Gasteiger partial charge on any atom is 0.0154 e. The summed E-state index contributed by atoms with van der Waals surface area (Å²) < 4.78 is 0. The lowest BCUT2D eigenvalue weighted by molar-refractivity contribution is 0.173. The average Bonchev–Trinajstić information content (AvgIpc) is 2.14. The molecule has 2 rings (SSSR count). The number of nitrogens with zero attached hydrogens (tertiary/aromatic N) is 1. The van der Waals surface area contributed by atoms with Crippen molar-refractivity contribution in [3.63, 3.8) is 0 Å². The lowest BCUT2D eigenvalue weighted by atomic mass is 9.73. The number of hydrogen-bond donors (Lipinski definition) is 1. The molecule has 0 aromatic carbocycles. The fourth-order valence-electron chi connectivity index (χ4n) is 2.72. The van der Waals surface area contributed by atoms with Crippen LogP contribution in [0.5, 0.6) is 0 Å². The van der Waals surface area contributed by atoms with E-state index in [-0.39, 0.29) is 5.54 Å². The monoisotopic (exact) mass is 196 g/mol. The number of likely N-dealkylation sites (tertiary alicyclic amines) is 1. The van der Waals surface area contributed by atoms with Crippen LogP contribution >= 0.6 is 0 Å². The molecule has 0 aromatic heterocycles. The summed E-state index contributed by atoms with van der Waals surface area (Å²) >= 11 is 0. The Bertz CT molecular complexity index is 179. The zero-order chi connectivity index (χ0) is 10.0. The summed E-state index contributed by atoms with van der Waals surface area (Å²) in [6, 6.07) is 0. The topological polar surface area (TPSA) is 29.3 Å². The Morgan fingerprint density at radius 3 is 2.43 bits per heavy atom. The third-order valence-electron chi connectivity index (χ3n) is 4.24. The molecule has 1 saturated carbocycles. The Morgan fingerprint density at radius 2 is 1.93 bits per heavy atom. The minimum absolute atomic E-state index is 0.253. The van der Waals surface area contributed by atoms with Crippen LogP contribution in [0.25, 0.3) is 0 Å². The maximum absolute atomic E-state index is 6.24. The van der Waals surface area contributed by atoms with Crippen molar-refractivity contribution in [1.29, 1.82) is 0 Å². The fraction of sp³-hybridized carbons (Fsp3) is 1.00. The van der Waals surface area contributed by atoms with Gasteiger partial charge in [0.2, 0.25) is 0 Å². The van der Waals surface area contributed by atoms with Gasteiger partial charge in [0.25, 0.3) is 0 Å². The molecule has 1 aliphatic carbocycles. The summed E-state index contributed by atoms with van der Waals surface area (Å²) in [4.78, 5) is 2.44. The first-order valence-electron chi connectivity index (χ1n) is 6.15. The minimum atomic E-state index is 0.253. The highest BCUT2D eigenvalue weighted by molar-refractivity contribution is 4.92. The van der Waals surface area contributed by atoms with Crippen LogP contribution in [0.2, 0.25) is 0 Å². The van der Waals surface area contributed by atoms with Crippen molar-refractivity contribution >= 4 is 0 Å². The molecule has 0 amide bonds. The SMILES string of the molecule is CN1CCC(CCC2(N)CCC2)CC1. The number of hydrogen-bond acceptors (Lipinski definition) is 2. The van der Waals surface area contributed by atoms with Crippen LogP contribution in [-0.4, -0.2) is 30.6 Å². The van der Waals surface area contributed by atoms with Gasteiger partial charge < -0.3 is 10.6 Å². The van der Waals surface area contributed by atoms with Crippen LogP contribution in [0.1, 0.15) is 44.9 Å². The van der Waals surface area contributed by atoms with Gasteiger partial charge in [-0.1, -0.05) is 0 Å². The molecule has 0 bridgehead atoms. The van der Waals surface area contributed by atoms with Crippen LogP contribution in [0.3, 0.4) is 0 Å². The Morgan fingerprint density at radius 1 is 1.29 bits per heavy atom. The smallest absolute Gasteiger partial charge is 0.0154 e. The number of nitrogens with two attached hydrogens (primary N) is 1. The summed E-state index contributed by atoms with van der Waals surface area (Å²) in [7, 11) is 2.23. The molecule has 1 heterocycles. The lowest BCUT2D eigenvalue weighted by Gasteiger charge is -2.40. The van der Waals surface area contributed by atoms with Crippen molar-refractivity contribution in [1.82, 2.24) is 4.90 Å². The van der Waals surface area contributed by atoms with E-state index in [2.05, 4.69) is 11.9 Å². The van der Waals surface area contributed by atoms with E-state index in [1.165, 1.54) is 58.0 Å². The van der Waals surface area contributed by atoms with E-state index in [0.717, 1.165) is 5.92 Å². The van der Waals surface area contributed by atoms with Crippen molar-refractivity contribution in [2.75, 3.05) is 20.1 Å². The van der Waals surface area contributed by atoms with Crippen molar-refractivity contribution < 1.29 is 0 Å². The zero-order valence-corrected chi connectivity index (χ0v) is 9.47. The standard InChI is InChI=1S/C12H24N2/c1-14-9-4-11(5-10-14)3-8-12(13)6-2-7-12/h11H,2-10,13H2,1H3. The van der Waals surface area contributed by atoms with Gasteiger partial charge in [0.1, 0.15) is 0 Å². The van der Waals surface area contributed by atoms with E-state index >= 15 is 0 Å². The van der Waals surface area contributed by atoms with Crippen molar-refractivity contribution in [2.24, 2.45) is 11.7 Å². The van der Waals surface area contributed by atoms with E-state index in [4.69, 9.17) is 5.73 Å². The Hall–Kier alpha value is -0.0800. The van der Waals surface area contributed by atoms with Gasteiger partial charge in [-0.15, -0.1) is 0 Å². The van der Waals surface area contributed by atoms with Crippen LogP contribution in [0, 0.1) is 5.92 Å². The van der Waals surface area contributed by atoms with E-state index in [0.29, 0.717) is 0 Å². The van der Waals surface area contributed by atoms with Gasteiger partial charge in [-0.2, -0.15) is 0 Å². The second-order valence-corrected chi connectivity index (χ2v) is 5.50. The molecule has 0 atom stereocenters. The first kappa shape index (κ1) is 10.4. The summed E-state index contributed by atoms with van der Waals surface area (Å²) in [5.41, 5.74) is 6.49. The van der Waals surface area contributed by atoms with Crippen molar-refractivity contribution in [3.05, 3.63) is 0 Å². The van der Waals surface area contributed by atoms with E-state index in [1.54, 1.807) is 0 Å². The highest BCUT2D eigenvalue weighted by Crippen LogP contribution is 2.35. The predicted octanol–water partition coefficient (Wildman–Crippen LogP) is 1.99. The van der Waals surface area contributed by atoms with Gasteiger partial charge in [0, 0.05) is 5.54 Å². The molecule has 1 saturated heterocycles. The number of piperidine rings is 1. The Balaban J connectivity index is 1.65. The zero-order valence-electron chi connectivity index (χ0n) is 9.47. The molecule has 2 heteroatoms. The second-order valence-electron chi connectivity index (χ2n) is 5.50. The number of rotatable bonds is 3. The van der Waals surface area contributed by atoms with Crippen molar-refractivity contribution in [3.8, 4) is 0 Å². The lowest BCUT2D eigenvalue weighted by Crippen LogP contribution is -2.46. The molecule has 0 spiro atoms. The molecule has 0 unspecified atom stereocenters. The molecule has 2 fully saturated rings. The summed E-state index contributed by atoms with van der Waals surface area (Å²) in [5, 5.41) is 0. The van der Waals surface area contributed by atoms with Crippen LogP contribution in [0.15, 0.2) is 0 Å². The summed E-state index contributed by atoms with van der Waals surface area (Å²) in [6.07, 6.45) is 9.37. The highest BCUT2D eigenvalue weighted by atomic mass is 15.1. The molecule has 82 valence electrons. The quantitative estimate of drug-likeness (QED) is 0.748. The molecule has 0 radical (unpaired) electrons. The molecule has 1 aliphatic heterocycles. The second kappa shape index (κ2) is 4.19. The molecular formula is C12H24N2. The first-order valence-corrected chi connectivity index (χ1v) is 6.15. The largest absolute Gasteiger partial charge is 0.325 e. The normalized spacial score (nSPS) is 28.7. The predicted molar refractivity (Wildman–Crippen MR) is 60.2 cm³/mol. The summed E-state index contributed by atoms with van der Waals surface area (Å²) in [5.74, 6) is 0.965. The molecule has 2 aliphatic rings. The Kier molecular flexibility index (Phi) is 3.13. The van der Waals surface area contributed by atoms with E-state index < -0.39 is 0 Å². The highest BCUT2D eigenvalue weighted by Gasteiger charge is 2.32. The molecule has 2 N–H and O–H groups in total. The van der Waals surface area contributed by atoms with Gasteiger partial charge in [-0.3, -0.25) is 0 Å². The molecular weight excluding hydrogens is 172 g/mol. The first-order chi connectivity index (χ1) is 6.68. The third kappa shape index (κ3) is 2.48. The van der Waals surface area contributed by atoms with Gasteiger partial charge in [0.15, 0.2) is 0 Å². The summed E-state index contributed by atoms with van der Waals surface area (Å²) in [6.45, 7) is 2.59. The fourth-order valence-corrected chi connectivity index (χ4v) is 2.72. The van der Waals surface area contributed by atoms with Gasteiger partial charge >= 0.3 is 0 Å². The van der Waals surface area contributed by atoms with Gasteiger partial charge in [0.05, 0.1) is 0 Å². The van der Waals surface area contributed by atoms with E-state index in [9.17, 15) is 0 Å². The average molecular weight is 196 g/mol. The van der Waals surface area contributed by atoms with Gasteiger partial charge in [-0.05, 0) is 71.0 Å². The van der Waals surface area contributed by atoms with E-state index in [1.807, 2.05) is 0 Å². The minimum Gasteiger partial charge on any atom is -0.325 e. The van der Waals surface area contributed by atoms with Crippen molar-refractivity contribution in [2.45, 2.75) is 50.5 Å². The maximum atomic E-state index is 6.24. The Labute approximate surface area is 87.8 Å².